The standard InChI is InChI=1S/C15H14N2OS2/c1-8-5-4-6-11(7-8)17-14(18)12-9(2)10(3)20-13(12)16-15(17)19/h4-7H,1-3H3,(H,16,19). The highest BCUT2D eigenvalue weighted by Crippen LogP contribution is 2.26. The third-order valence-corrected chi connectivity index (χ3v) is 4.89. The molecular weight excluding hydrogens is 288 g/mol. The lowest BCUT2D eigenvalue weighted by atomic mass is 10.2. The van der Waals surface area contributed by atoms with Crippen molar-refractivity contribution in [1.82, 2.24) is 9.55 Å². The number of H-pyrrole nitrogens is 1. The first kappa shape index (κ1) is 13.3. The van der Waals surface area contributed by atoms with Gasteiger partial charge in [0.05, 0.1) is 11.1 Å². The molecule has 0 bridgehead atoms. The largest absolute Gasteiger partial charge is 0.323 e. The molecule has 3 rings (SSSR count). The summed E-state index contributed by atoms with van der Waals surface area (Å²) in [5.41, 5.74) is 2.89. The molecule has 0 aliphatic heterocycles. The molecule has 0 unspecified atom stereocenters. The molecule has 0 saturated carbocycles. The van der Waals surface area contributed by atoms with E-state index < -0.39 is 0 Å². The number of rotatable bonds is 1. The van der Waals surface area contributed by atoms with Crippen LogP contribution >= 0.6 is 23.6 Å². The lowest BCUT2D eigenvalue weighted by Crippen LogP contribution is -2.20. The topological polar surface area (TPSA) is 37.8 Å². The number of aromatic nitrogens is 2. The molecule has 1 N–H and O–H groups in total. The first-order valence-electron chi connectivity index (χ1n) is 6.31. The maximum absolute atomic E-state index is 12.8. The average Bonchev–Trinajstić information content (AvgIpc) is 2.65. The minimum absolute atomic E-state index is 0.0452. The van der Waals surface area contributed by atoms with E-state index in [1.54, 1.807) is 15.9 Å². The molecule has 2 heterocycles. The number of fused-ring (bicyclic) bond motifs is 1. The van der Waals surface area contributed by atoms with E-state index in [0.29, 0.717) is 4.77 Å². The minimum Gasteiger partial charge on any atom is -0.323 e. The van der Waals surface area contributed by atoms with Gasteiger partial charge in [-0.05, 0) is 56.2 Å². The number of thiophene rings is 1. The Morgan fingerprint density at radius 2 is 2.00 bits per heavy atom. The van der Waals surface area contributed by atoms with Crippen LogP contribution in [0.5, 0.6) is 0 Å². The molecule has 3 nitrogen and oxygen atoms in total. The first-order chi connectivity index (χ1) is 9.49. The lowest BCUT2D eigenvalue weighted by molar-refractivity contribution is 0.940. The fourth-order valence-electron chi connectivity index (χ4n) is 2.33. The van der Waals surface area contributed by atoms with Gasteiger partial charge in [-0.2, -0.15) is 0 Å². The van der Waals surface area contributed by atoms with Crippen molar-refractivity contribution in [2.75, 3.05) is 0 Å². The fraction of sp³-hybridized carbons (Fsp3) is 0.200. The van der Waals surface area contributed by atoms with Gasteiger partial charge in [0, 0.05) is 4.88 Å². The Morgan fingerprint density at radius 3 is 2.70 bits per heavy atom. The molecular formula is C15H14N2OS2. The van der Waals surface area contributed by atoms with Crippen molar-refractivity contribution >= 4 is 33.8 Å². The molecule has 3 aromatic rings. The SMILES string of the molecule is Cc1cccc(-n2c(=S)[nH]c3sc(C)c(C)c3c2=O)c1. The Balaban J connectivity index is 2.46. The van der Waals surface area contributed by atoms with Gasteiger partial charge in [0.15, 0.2) is 4.77 Å². The van der Waals surface area contributed by atoms with Gasteiger partial charge in [-0.25, -0.2) is 0 Å². The molecule has 102 valence electrons. The number of nitrogens with one attached hydrogen (secondary N) is 1. The summed E-state index contributed by atoms with van der Waals surface area (Å²) < 4.78 is 2.01. The van der Waals surface area contributed by atoms with E-state index in [1.807, 2.05) is 45.0 Å². The van der Waals surface area contributed by atoms with Crippen molar-refractivity contribution in [3.05, 3.63) is 55.4 Å². The molecule has 1 aromatic carbocycles. The minimum atomic E-state index is -0.0452. The van der Waals surface area contributed by atoms with Crippen molar-refractivity contribution in [2.45, 2.75) is 20.8 Å². The Kier molecular flexibility index (Phi) is 3.11. The molecule has 20 heavy (non-hydrogen) atoms. The molecule has 0 atom stereocenters. The predicted octanol–water partition coefficient (Wildman–Crippen LogP) is 4.04. The summed E-state index contributed by atoms with van der Waals surface area (Å²) in [5, 5.41) is 0.739. The van der Waals surface area contributed by atoms with Crippen LogP contribution in [-0.2, 0) is 0 Å². The van der Waals surface area contributed by atoms with Crippen molar-refractivity contribution in [3.8, 4) is 5.69 Å². The number of hydrogen-bond acceptors (Lipinski definition) is 3. The van der Waals surface area contributed by atoms with Crippen LogP contribution < -0.4 is 5.56 Å². The van der Waals surface area contributed by atoms with Gasteiger partial charge in [-0.15, -0.1) is 11.3 Å². The van der Waals surface area contributed by atoms with Crippen LogP contribution in [-0.4, -0.2) is 9.55 Å². The van der Waals surface area contributed by atoms with Crippen LogP contribution in [0.4, 0.5) is 0 Å². The second-order valence-electron chi connectivity index (χ2n) is 4.90. The summed E-state index contributed by atoms with van der Waals surface area (Å²) in [6, 6.07) is 7.80. The Labute approximate surface area is 125 Å². The summed E-state index contributed by atoms with van der Waals surface area (Å²) in [6.45, 7) is 6.00. The van der Waals surface area contributed by atoms with Crippen LogP contribution in [0.3, 0.4) is 0 Å². The van der Waals surface area contributed by atoms with Gasteiger partial charge in [-0.1, -0.05) is 12.1 Å². The summed E-state index contributed by atoms with van der Waals surface area (Å²) in [6.07, 6.45) is 0. The number of aryl methyl sites for hydroxylation is 3. The summed E-state index contributed by atoms with van der Waals surface area (Å²) in [5.74, 6) is 0. The Bertz CT molecular complexity index is 931. The van der Waals surface area contributed by atoms with Crippen molar-refractivity contribution in [1.29, 1.82) is 0 Å². The zero-order valence-electron chi connectivity index (χ0n) is 11.5. The number of hydrogen-bond donors (Lipinski definition) is 1. The van der Waals surface area contributed by atoms with Crippen LogP contribution in [0.25, 0.3) is 15.9 Å². The first-order valence-corrected chi connectivity index (χ1v) is 7.53. The van der Waals surface area contributed by atoms with E-state index >= 15 is 0 Å². The van der Waals surface area contributed by atoms with Crippen LogP contribution in [0.2, 0.25) is 0 Å². The monoisotopic (exact) mass is 302 g/mol. The molecule has 0 spiro atoms. The van der Waals surface area contributed by atoms with Crippen molar-refractivity contribution in [2.24, 2.45) is 0 Å². The van der Waals surface area contributed by atoms with Crippen LogP contribution in [0.1, 0.15) is 16.0 Å². The highest BCUT2D eigenvalue weighted by Gasteiger charge is 2.13. The van der Waals surface area contributed by atoms with Gasteiger partial charge >= 0.3 is 0 Å². The summed E-state index contributed by atoms with van der Waals surface area (Å²) >= 11 is 6.94. The molecule has 0 amide bonds. The number of nitrogens with zero attached hydrogens (tertiary/aromatic N) is 1. The zero-order valence-corrected chi connectivity index (χ0v) is 13.1. The summed E-state index contributed by atoms with van der Waals surface area (Å²) in [4.78, 5) is 18.0. The molecule has 2 aromatic heterocycles. The van der Waals surface area contributed by atoms with Crippen molar-refractivity contribution in [3.63, 3.8) is 0 Å². The van der Waals surface area contributed by atoms with Gasteiger partial charge in [0.2, 0.25) is 0 Å². The molecule has 0 aliphatic carbocycles. The predicted molar refractivity (Wildman–Crippen MR) is 86.8 cm³/mol. The van der Waals surface area contributed by atoms with Gasteiger partial charge in [-0.3, -0.25) is 9.36 Å². The normalized spacial score (nSPS) is 11.2. The van der Waals surface area contributed by atoms with Gasteiger partial charge in [0.1, 0.15) is 4.83 Å². The van der Waals surface area contributed by atoms with Gasteiger partial charge < -0.3 is 4.98 Å². The Hall–Kier alpha value is -1.72. The quantitative estimate of drug-likeness (QED) is 0.689. The third-order valence-electron chi connectivity index (χ3n) is 3.49. The number of benzene rings is 1. The van der Waals surface area contributed by atoms with E-state index in [0.717, 1.165) is 31.9 Å². The highest BCUT2D eigenvalue weighted by atomic mass is 32.1. The van der Waals surface area contributed by atoms with Crippen LogP contribution in [0, 0.1) is 25.5 Å². The maximum Gasteiger partial charge on any atom is 0.267 e. The van der Waals surface area contributed by atoms with Crippen molar-refractivity contribution < 1.29 is 0 Å². The third kappa shape index (κ3) is 1.94. The van der Waals surface area contributed by atoms with E-state index in [-0.39, 0.29) is 5.56 Å². The zero-order chi connectivity index (χ0) is 14.4. The van der Waals surface area contributed by atoms with E-state index in [9.17, 15) is 4.79 Å². The lowest BCUT2D eigenvalue weighted by Gasteiger charge is -2.07. The van der Waals surface area contributed by atoms with Gasteiger partial charge in [0.25, 0.3) is 5.56 Å². The average molecular weight is 302 g/mol. The smallest absolute Gasteiger partial charge is 0.267 e. The van der Waals surface area contributed by atoms with E-state index in [2.05, 4.69) is 4.98 Å². The maximum atomic E-state index is 12.8. The molecule has 0 saturated heterocycles. The second kappa shape index (κ2) is 4.68. The number of aromatic amines is 1. The fourth-order valence-corrected chi connectivity index (χ4v) is 3.74. The molecule has 0 aliphatic rings. The second-order valence-corrected chi connectivity index (χ2v) is 6.51. The molecule has 0 fully saturated rings. The van der Waals surface area contributed by atoms with Crippen LogP contribution in [0.15, 0.2) is 29.1 Å². The van der Waals surface area contributed by atoms with E-state index in [4.69, 9.17) is 12.2 Å². The van der Waals surface area contributed by atoms with E-state index in [1.165, 1.54) is 0 Å². The summed E-state index contributed by atoms with van der Waals surface area (Å²) in [7, 11) is 0. The molecule has 5 heteroatoms. The highest BCUT2D eigenvalue weighted by molar-refractivity contribution is 7.71. The Morgan fingerprint density at radius 1 is 1.25 bits per heavy atom. The molecule has 0 radical (unpaired) electrons.